The average molecular weight is 407 g/mol. The fourth-order valence-electron chi connectivity index (χ4n) is 2.06. The van der Waals surface area contributed by atoms with Crippen LogP contribution in [-0.4, -0.2) is 49.0 Å². The molecule has 1 aromatic carbocycles. The van der Waals surface area contributed by atoms with E-state index in [9.17, 15) is 4.79 Å². The van der Waals surface area contributed by atoms with E-state index in [0.29, 0.717) is 38.2 Å². The Hall–Kier alpha value is -2.25. The molecule has 0 aliphatic carbocycles. The molecule has 0 N–H and O–H groups in total. The Morgan fingerprint density at radius 2 is 1.55 bits per heavy atom. The van der Waals surface area contributed by atoms with Crippen LogP contribution in [-0.2, 0) is 14.3 Å². The van der Waals surface area contributed by atoms with Gasteiger partial charge in [-0.2, -0.15) is 0 Å². The van der Waals surface area contributed by atoms with Crippen molar-refractivity contribution in [2.45, 2.75) is 47.5 Å². The lowest BCUT2D eigenvalue weighted by molar-refractivity contribution is -0.127. The van der Waals surface area contributed by atoms with Gasteiger partial charge in [-0.15, -0.1) is 10.2 Å². The molecule has 2 rings (SSSR count). The van der Waals surface area contributed by atoms with Gasteiger partial charge in [-0.1, -0.05) is 41.5 Å². The Kier molecular flexibility index (Phi) is 11.8. The summed E-state index contributed by atoms with van der Waals surface area (Å²) in [5.41, 5.74) is 0.853. The van der Waals surface area contributed by atoms with Crippen LogP contribution in [0.1, 0.15) is 53.4 Å². The van der Waals surface area contributed by atoms with Crippen LogP contribution in [0.3, 0.4) is 0 Å². The van der Waals surface area contributed by atoms with E-state index in [2.05, 4.69) is 10.2 Å². The summed E-state index contributed by atoms with van der Waals surface area (Å²) in [5, 5.41) is 8.09. The molecule has 162 valence electrons. The number of carbonyl (C=O) groups is 1. The monoisotopic (exact) mass is 406 g/mol. The molecule has 0 atom stereocenters. The van der Waals surface area contributed by atoms with Gasteiger partial charge in [-0.05, 0) is 24.3 Å². The van der Waals surface area contributed by atoms with Gasteiger partial charge in [0.25, 0.3) is 0 Å². The molecule has 0 radical (unpaired) electrons. The van der Waals surface area contributed by atoms with Crippen molar-refractivity contribution in [2.24, 2.45) is 5.92 Å². The number of hydrogen-bond donors (Lipinski definition) is 0. The number of nitrogens with zero attached hydrogens (tertiary/aromatic N) is 2. The molecular weight excluding hydrogens is 372 g/mol. The molecule has 1 aromatic heterocycles. The maximum Gasteiger partial charge on any atom is 0.247 e. The summed E-state index contributed by atoms with van der Waals surface area (Å²) >= 11 is 0. The lowest BCUT2D eigenvalue weighted by Crippen LogP contribution is -2.17. The second-order valence-electron chi connectivity index (χ2n) is 6.76. The number of ether oxygens (including phenoxy) is 3. The molecule has 2 aromatic rings. The Bertz CT molecular complexity index is 695. The molecule has 7 heteroatoms. The van der Waals surface area contributed by atoms with E-state index < -0.39 is 0 Å². The van der Waals surface area contributed by atoms with Gasteiger partial charge in [0.05, 0.1) is 19.8 Å². The Morgan fingerprint density at radius 3 is 2.14 bits per heavy atom. The fraction of sp³-hybridized carbons (Fsp3) is 0.591. The van der Waals surface area contributed by atoms with Crippen molar-refractivity contribution in [2.75, 3.05) is 33.0 Å². The number of benzene rings is 1. The van der Waals surface area contributed by atoms with Crippen molar-refractivity contribution in [3.8, 4) is 17.2 Å². The zero-order valence-electron chi connectivity index (χ0n) is 18.4. The molecule has 0 aliphatic rings. The molecule has 0 saturated heterocycles. The van der Waals surface area contributed by atoms with Crippen LogP contribution < -0.4 is 4.74 Å². The van der Waals surface area contributed by atoms with Crippen LogP contribution in [0.2, 0.25) is 0 Å². The van der Waals surface area contributed by atoms with Gasteiger partial charge in [0, 0.05) is 17.4 Å². The van der Waals surface area contributed by atoms with Crippen molar-refractivity contribution in [1.29, 1.82) is 0 Å². The van der Waals surface area contributed by atoms with Crippen LogP contribution in [0.25, 0.3) is 11.5 Å². The van der Waals surface area contributed by atoms with E-state index in [1.54, 1.807) is 0 Å². The molecule has 0 fully saturated rings. The van der Waals surface area contributed by atoms with Crippen molar-refractivity contribution >= 4 is 5.78 Å². The largest absolute Gasteiger partial charge is 0.491 e. The number of carbonyl (C=O) groups excluding carboxylic acids is 1. The highest BCUT2D eigenvalue weighted by Crippen LogP contribution is 2.23. The summed E-state index contributed by atoms with van der Waals surface area (Å²) in [5.74, 6) is 2.18. The smallest absolute Gasteiger partial charge is 0.247 e. The summed E-state index contributed by atoms with van der Waals surface area (Å²) in [6, 6.07) is 7.48. The summed E-state index contributed by atoms with van der Waals surface area (Å²) in [7, 11) is 0. The van der Waals surface area contributed by atoms with E-state index >= 15 is 0 Å². The van der Waals surface area contributed by atoms with Crippen molar-refractivity contribution in [3.05, 3.63) is 30.2 Å². The quantitative estimate of drug-likeness (QED) is 0.479. The van der Waals surface area contributed by atoms with Gasteiger partial charge in [0.1, 0.15) is 19.0 Å². The standard InChI is InChI=1S/C20H28N2O5.C2H6/c1-14(2)18(23)13-25-10-9-24-11-12-26-17-7-5-16(6-8-17)20-22-21-19(27-20)15(3)4;1-2/h5-8,14-15H,9-13H2,1-4H3;1-2H3. The van der Waals surface area contributed by atoms with Gasteiger partial charge in [-0.3, -0.25) is 4.79 Å². The normalized spacial score (nSPS) is 10.8. The second kappa shape index (κ2) is 13.8. The third-order valence-electron chi connectivity index (χ3n) is 3.79. The van der Waals surface area contributed by atoms with E-state index in [4.69, 9.17) is 18.6 Å². The van der Waals surface area contributed by atoms with Crippen molar-refractivity contribution in [3.63, 3.8) is 0 Å². The average Bonchev–Trinajstić information content (AvgIpc) is 3.22. The molecule has 0 spiro atoms. The first-order valence-corrected chi connectivity index (χ1v) is 10.2. The molecule has 0 bridgehead atoms. The molecule has 29 heavy (non-hydrogen) atoms. The summed E-state index contributed by atoms with van der Waals surface area (Å²) < 4.78 is 21.9. The minimum atomic E-state index is 0.00259. The minimum absolute atomic E-state index is 0.00259. The van der Waals surface area contributed by atoms with Crippen molar-refractivity contribution < 1.29 is 23.4 Å². The summed E-state index contributed by atoms with van der Waals surface area (Å²) in [6.45, 7) is 13.6. The first-order chi connectivity index (χ1) is 14.0. The third kappa shape index (κ3) is 9.19. The maximum absolute atomic E-state index is 11.4. The van der Waals surface area contributed by atoms with Crippen LogP contribution in [0.5, 0.6) is 5.75 Å². The maximum atomic E-state index is 11.4. The van der Waals surface area contributed by atoms with Gasteiger partial charge >= 0.3 is 0 Å². The molecular formula is C22H34N2O5. The number of Topliss-reactive ketones (excluding diaryl/α,β-unsaturated/α-hetero) is 1. The van der Waals surface area contributed by atoms with Crippen LogP contribution >= 0.6 is 0 Å². The zero-order valence-corrected chi connectivity index (χ0v) is 18.4. The number of hydrogen-bond acceptors (Lipinski definition) is 7. The third-order valence-corrected chi connectivity index (χ3v) is 3.79. The summed E-state index contributed by atoms with van der Waals surface area (Å²) in [4.78, 5) is 11.4. The van der Waals surface area contributed by atoms with Crippen LogP contribution in [0.4, 0.5) is 0 Å². The Labute approximate surface area is 173 Å². The minimum Gasteiger partial charge on any atom is -0.491 e. The van der Waals surface area contributed by atoms with E-state index in [1.807, 2.05) is 65.8 Å². The summed E-state index contributed by atoms with van der Waals surface area (Å²) in [6.07, 6.45) is 0. The molecule has 0 unspecified atom stereocenters. The van der Waals surface area contributed by atoms with Gasteiger partial charge in [0.2, 0.25) is 11.8 Å². The lowest BCUT2D eigenvalue weighted by atomic mass is 10.1. The first kappa shape index (κ1) is 24.8. The molecule has 0 amide bonds. The SMILES string of the molecule is CC.CC(C)C(=O)COCCOCCOc1ccc(-c2nnc(C(C)C)o2)cc1. The first-order valence-electron chi connectivity index (χ1n) is 10.2. The molecule has 7 nitrogen and oxygen atoms in total. The Balaban J connectivity index is 0.00000204. The van der Waals surface area contributed by atoms with E-state index in [1.165, 1.54) is 0 Å². The topological polar surface area (TPSA) is 83.7 Å². The molecule has 0 aliphatic heterocycles. The Morgan fingerprint density at radius 1 is 0.931 bits per heavy atom. The van der Waals surface area contributed by atoms with Gasteiger partial charge in [-0.25, -0.2) is 0 Å². The zero-order chi connectivity index (χ0) is 21.6. The van der Waals surface area contributed by atoms with Crippen molar-refractivity contribution in [1.82, 2.24) is 10.2 Å². The number of aromatic nitrogens is 2. The predicted octanol–water partition coefficient (Wildman–Crippen LogP) is 4.52. The van der Waals surface area contributed by atoms with Crippen LogP contribution in [0.15, 0.2) is 28.7 Å². The predicted molar refractivity (Wildman–Crippen MR) is 112 cm³/mol. The van der Waals surface area contributed by atoms with E-state index in [0.717, 1.165) is 11.3 Å². The lowest BCUT2D eigenvalue weighted by Gasteiger charge is -2.08. The van der Waals surface area contributed by atoms with E-state index in [-0.39, 0.29) is 24.2 Å². The molecule has 0 saturated carbocycles. The molecule has 1 heterocycles. The highest BCUT2D eigenvalue weighted by Gasteiger charge is 2.11. The van der Waals surface area contributed by atoms with Gasteiger partial charge in [0.15, 0.2) is 5.78 Å². The van der Waals surface area contributed by atoms with Gasteiger partial charge < -0.3 is 18.6 Å². The number of rotatable bonds is 12. The highest BCUT2D eigenvalue weighted by molar-refractivity contribution is 5.81. The fourth-order valence-corrected chi connectivity index (χ4v) is 2.06. The number of ketones is 1. The van der Waals surface area contributed by atoms with Crippen LogP contribution in [0, 0.1) is 5.92 Å². The second-order valence-corrected chi connectivity index (χ2v) is 6.76. The highest BCUT2D eigenvalue weighted by atomic mass is 16.5.